The van der Waals surface area contributed by atoms with Crippen molar-refractivity contribution < 1.29 is 8.78 Å². The van der Waals surface area contributed by atoms with Gasteiger partial charge in [0.05, 0.1) is 12.2 Å². The van der Waals surface area contributed by atoms with E-state index in [0.29, 0.717) is 31.0 Å². The number of hydrogen-bond donors (Lipinski definition) is 1. The molecule has 4 aromatic rings. The second-order valence-corrected chi connectivity index (χ2v) is 7.91. The number of pyridine rings is 1. The van der Waals surface area contributed by atoms with E-state index >= 15 is 0 Å². The lowest BCUT2D eigenvalue weighted by Gasteiger charge is -2.10. The van der Waals surface area contributed by atoms with Gasteiger partial charge < -0.3 is 0 Å². The number of nitrogens with zero attached hydrogens (tertiary/aromatic N) is 7. The molecule has 0 aliphatic carbocycles. The third kappa shape index (κ3) is 5.10. The number of aromatic nitrogens is 8. The monoisotopic (exact) mass is 452 g/mol. The lowest BCUT2D eigenvalue weighted by atomic mass is 10.0. The van der Waals surface area contributed by atoms with E-state index < -0.39 is 5.92 Å². The maximum absolute atomic E-state index is 14.4. The number of tetrazole rings is 1. The lowest BCUT2D eigenvalue weighted by molar-refractivity contribution is -0.0232. The second kappa shape index (κ2) is 9.93. The Morgan fingerprint density at radius 2 is 1.88 bits per heavy atom. The molecular formula is C23H26F2N8. The zero-order chi connectivity index (χ0) is 23.3. The number of H-pyrrole nitrogens is 1. The van der Waals surface area contributed by atoms with Gasteiger partial charge in [-0.15, -0.1) is 10.2 Å². The van der Waals surface area contributed by atoms with Crippen LogP contribution in [0.4, 0.5) is 8.78 Å². The average Bonchev–Trinajstić information content (AvgIpc) is 3.49. The highest BCUT2D eigenvalue weighted by molar-refractivity contribution is 5.76. The summed E-state index contributed by atoms with van der Waals surface area (Å²) >= 11 is 0. The second-order valence-electron chi connectivity index (χ2n) is 7.91. The molecular weight excluding hydrogens is 426 g/mol. The van der Waals surface area contributed by atoms with Crippen LogP contribution < -0.4 is 0 Å². The molecule has 0 amide bonds. The van der Waals surface area contributed by atoms with Crippen molar-refractivity contribution in [2.24, 2.45) is 0 Å². The highest BCUT2D eigenvalue weighted by Crippen LogP contribution is 2.31. The topological polar surface area (TPSA) is 98.1 Å². The third-order valence-electron chi connectivity index (χ3n) is 5.36. The van der Waals surface area contributed by atoms with Crippen molar-refractivity contribution >= 4 is 0 Å². The Hall–Kier alpha value is -3.56. The predicted octanol–water partition coefficient (Wildman–Crippen LogP) is 4.80. The molecule has 0 spiro atoms. The smallest absolute Gasteiger partial charge is 0.255 e. The van der Waals surface area contributed by atoms with E-state index in [2.05, 4.69) is 42.6 Å². The van der Waals surface area contributed by atoms with Gasteiger partial charge in [0.15, 0.2) is 5.82 Å². The van der Waals surface area contributed by atoms with E-state index in [0.717, 1.165) is 35.2 Å². The van der Waals surface area contributed by atoms with Crippen molar-refractivity contribution in [3.8, 4) is 22.6 Å². The summed E-state index contributed by atoms with van der Waals surface area (Å²) in [7, 11) is 0. The fraction of sp³-hybridized carbons (Fsp3) is 0.391. The molecule has 3 aromatic heterocycles. The van der Waals surface area contributed by atoms with E-state index in [1.54, 1.807) is 17.8 Å². The van der Waals surface area contributed by atoms with Crippen LogP contribution in [0.5, 0.6) is 0 Å². The first-order valence-corrected chi connectivity index (χ1v) is 11.1. The molecule has 0 aliphatic heterocycles. The molecule has 4 rings (SSSR count). The summed E-state index contributed by atoms with van der Waals surface area (Å²) in [5.74, 6) is -2.27. The van der Waals surface area contributed by atoms with Gasteiger partial charge in [-0.05, 0) is 41.0 Å². The molecule has 0 fully saturated rings. The number of benzene rings is 1. The van der Waals surface area contributed by atoms with Crippen LogP contribution in [-0.4, -0.2) is 40.4 Å². The van der Waals surface area contributed by atoms with Crippen molar-refractivity contribution in [3.63, 3.8) is 0 Å². The van der Waals surface area contributed by atoms with Crippen LogP contribution in [0, 0.1) is 0 Å². The summed E-state index contributed by atoms with van der Waals surface area (Å²) in [5.41, 5.74) is 3.36. The molecule has 10 heteroatoms. The molecule has 1 aromatic carbocycles. The first-order valence-electron chi connectivity index (χ1n) is 11.1. The first kappa shape index (κ1) is 22.6. The van der Waals surface area contributed by atoms with Crippen molar-refractivity contribution in [2.45, 2.75) is 58.4 Å². The largest absolute Gasteiger partial charge is 0.308 e. The van der Waals surface area contributed by atoms with E-state index in [1.807, 2.05) is 36.4 Å². The van der Waals surface area contributed by atoms with Crippen LogP contribution in [0.1, 0.15) is 56.7 Å². The Labute approximate surface area is 190 Å². The fourth-order valence-corrected chi connectivity index (χ4v) is 3.64. The Morgan fingerprint density at radius 3 is 2.58 bits per heavy atom. The number of halogens is 2. The maximum Gasteiger partial charge on any atom is 0.308 e. The Morgan fingerprint density at radius 1 is 1.06 bits per heavy atom. The van der Waals surface area contributed by atoms with Gasteiger partial charge in [0, 0.05) is 30.2 Å². The summed E-state index contributed by atoms with van der Waals surface area (Å²) in [6.07, 6.45) is 4.26. The molecule has 8 nitrogen and oxygen atoms in total. The number of hydrogen-bond acceptors (Lipinski definition) is 6. The van der Waals surface area contributed by atoms with Gasteiger partial charge in [-0.25, -0.2) is 14.8 Å². The molecule has 0 saturated heterocycles. The minimum atomic E-state index is -3.02. The molecule has 0 saturated carbocycles. The van der Waals surface area contributed by atoms with Crippen LogP contribution in [0.15, 0.2) is 42.6 Å². The first-order chi connectivity index (χ1) is 16.0. The molecule has 1 N–H and O–H groups in total. The predicted molar refractivity (Wildman–Crippen MR) is 119 cm³/mol. The minimum Gasteiger partial charge on any atom is -0.255 e. The molecule has 0 aliphatic rings. The number of aromatic amines is 1. The molecule has 172 valence electrons. The molecule has 0 bridgehead atoms. The van der Waals surface area contributed by atoms with Gasteiger partial charge in [0.25, 0.3) is 0 Å². The van der Waals surface area contributed by atoms with E-state index in [4.69, 9.17) is 0 Å². The number of unbranched alkanes of at least 4 members (excludes halogenated alkanes) is 1. The van der Waals surface area contributed by atoms with Gasteiger partial charge in [0.2, 0.25) is 5.82 Å². The van der Waals surface area contributed by atoms with Crippen LogP contribution in [0.3, 0.4) is 0 Å². The Balaban J connectivity index is 1.59. The van der Waals surface area contributed by atoms with Gasteiger partial charge in [-0.2, -0.15) is 8.78 Å². The summed E-state index contributed by atoms with van der Waals surface area (Å²) in [6, 6.07) is 11.5. The van der Waals surface area contributed by atoms with Gasteiger partial charge in [-0.3, -0.25) is 4.98 Å². The number of aryl methyl sites for hydroxylation is 1. The number of nitrogens with one attached hydrogen (secondary N) is 1. The highest BCUT2D eigenvalue weighted by Gasteiger charge is 2.36. The van der Waals surface area contributed by atoms with Gasteiger partial charge in [-0.1, -0.05) is 44.5 Å². The van der Waals surface area contributed by atoms with Gasteiger partial charge in [0.1, 0.15) is 5.82 Å². The summed E-state index contributed by atoms with van der Waals surface area (Å²) in [4.78, 5) is 8.70. The maximum atomic E-state index is 14.4. The molecule has 3 heterocycles. The number of rotatable bonds is 10. The zero-order valence-corrected chi connectivity index (χ0v) is 18.7. The van der Waals surface area contributed by atoms with Crippen LogP contribution in [-0.2, 0) is 18.9 Å². The highest BCUT2D eigenvalue weighted by atomic mass is 19.3. The molecule has 0 atom stereocenters. The number of alkyl halides is 2. The third-order valence-corrected chi connectivity index (χ3v) is 5.36. The standard InChI is InChI=1S/C23H26F2N8/c1-3-5-8-19-27-22(23(24,25)13-4-2)30-33(19)15-16-9-11-17(12-10-16)20-18(7-6-14-26-20)21-28-31-32-29-21/h6-7,9-12,14H,3-5,8,13,15H2,1-2H3,(H,28,29,31,32). The summed E-state index contributed by atoms with van der Waals surface area (Å²) in [5, 5.41) is 18.2. The van der Waals surface area contributed by atoms with Crippen molar-refractivity contribution in [2.75, 3.05) is 0 Å². The van der Waals surface area contributed by atoms with Gasteiger partial charge >= 0.3 is 5.92 Å². The van der Waals surface area contributed by atoms with E-state index in [-0.39, 0.29) is 12.2 Å². The Bertz CT molecular complexity index is 1170. The summed E-state index contributed by atoms with van der Waals surface area (Å²) < 4.78 is 30.5. The quantitative estimate of drug-likeness (QED) is 0.371. The van der Waals surface area contributed by atoms with Crippen molar-refractivity contribution in [3.05, 3.63) is 59.8 Å². The Kier molecular flexibility index (Phi) is 6.81. The van der Waals surface area contributed by atoms with E-state index in [1.165, 1.54) is 0 Å². The zero-order valence-electron chi connectivity index (χ0n) is 18.7. The van der Waals surface area contributed by atoms with Crippen LogP contribution in [0.2, 0.25) is 0 Å². The lowest BCUT2D eigenvalue weighted by Crippen LogP contribution is -2.15. The average molecular weight is 453 g/mol. The molecule has 0 radical (unpaired) electrons. The molecule has 0 unspecified atom stereocenters. The van der Waals surface area contributed by atoms with Crippen molar-refractivity contribution in [1.82, 2.24) is 40.4 Å². The van der Waals surface area contributed by atoms with Crippen molar-refractivity contribution in [1.29, 1.82) is 0 Å². The van der Waals surface area contributed by atoms with Crippen LogP contribution in [0.25, 0.3) is 22.6 Å². The normalized spacial score (nSPS) is 11.8. The fourth-order valence-electron chi connectivity index (χ4n) is 3.64. The molecule has 33 heavy (non-hydrogen) atoms. The summed E-state index contributed by atoms with van der Waals surface area (Å²) in [6.45, 7) is 4.17. The van der Waals surface area contributed by atoms with Crippen LogP contribution >= 0.6 is 0 Å². The van der Waals surface area contributed by atoms with E-state index in [9.17, 15) is 8.78 Å². The minimum absolute atomic E-state index is 0.258. The SMILES string of the molecule is CCCCc1nc(C(F)(F)CCC)nn1Cc1ccc(-c2ncccc2-c2nnn[nH]2)cc1.